The zero-order valence-corrected chi connectivity index (χ0v) is 10.2. The van der Waals surface area contributed by atoms with Crippen LogP contribution >= 0.6 is 0 Å². The molecule has 1 aromatic carbocycles. The van der Waals surface area contributed by atoms with E-state index in [-0.39, 0.29) is 17.1 Å². The number of hydrogen-bond acceptors (Lipinski definition) is 3. The first-order chi connectivity index (χ1) is 8.99. The van der Waals surface area contributed by atoms with Crippen molar-refractivity contribution in [1.82, 2.24) is 15.2 Å². The monoisotopic (exact) mass is 271 g/mol. The van der Waals surface area contributed by atoms with Crippen LogP contribution in [0.15, 0.2) is 24.3 Å². The smallest absolute Gasteiger partial charge is 0.405 e. The Hall–Kier alpha value is -2.05. The van der Waals surface area contributed by atoms with E-state index in [1.165, 1.54) is 18.2 Å². The molecule has 0 saturated heterocycles. The van der Waals surface area contributed by atoms with E-state index in [1.807, 2.05) is 6.92 Å². The van der Waals surface area contributed by atoms with E-state index in [0.717, 1.165) is 6.42 Å². The van der Waals surface area contributed by atoms with E-state index in [4.69, 9.17) is 0 Å². The highest BCUT2D eigenvalue weighted by Gasteiger charge is 2.32. The molecule has 0 aliphatic rings. The largest absolute Gasteiger partial charge is 0.573 e. The predicted octanol–water partition coefficient (Wildman–Crippen LogP) is 3.32. The van der Waals surface area contributed by atoms with Gasteiger partial charge in [-0.05, 0) is 18.6 Å². The number of nitrogens with zero attached hydrogens (tertiary/aromatic N) is 2. The molecular weight excluding hydrogens is 259 g/mol. The van der Waals surface area contributed by atoms with E-state index in [9.17, 15) is 13.2 Å². The van der Waals surface area contributed by atoms with Gasteiger partial charge in [0.05, 0.1) is 5.56 Å². The Bertz CT molecular complexity index is 551. The molecule has 0 radical (unpaired) electrons. The van der Waals surface area contributed by atoms with Crippen molar-refractivity contribution < 1.29 is 17.9 Å². The number of benzene rings is 1. The Balaban J connectivity index is 2.32. The van der Waals surface area contributed by atoms with Crippen LogP contribution in [-0.2, 0) is 6.42 Å². The van der Waals surface area contributed by atoms with Crippen molar-refractivity contribution in [3.8, 4) is 17.1 Å². The minimum Gasteiger partial charge on any atom is -0.405 e. The van der Waals surface area contributed by atoms with Gasteiger partial charge in [-0.25, -0.2) is 4.98 Å². The van der Waals surface area contributed by atoms with Gasteiger partial charge in [0, 0.05) is 6.42 Å². The Morgan fingerprint density at radius 2 is 2.00 bits per heavy atom. The number of ether oxygens (including phenoxy) is 1. The van der Waals surface area contributed by atoms with Crippen LogP contribution < -0.4 is 4.74 Å². The molecule has 0 aliphatic heterocycles. The van der Waals surface area contributed by atoms with Gasteiger partial charge < -0.3 is 4.74 Å². The number of rotatable bonds is 4. The number of hydrogen-bond donors (Lipinski definition) is 1. The van der Waals surface area contributed by atoms with Gasteiger partial charge in [-0.3, -0.25) is 5.10 Å². The van der Waals surface area contributed by atoms with Crippen LogP contribution in [0.3, 0.4) is 0 Å². The normalized spacial score (nSPS) is 11.6. The first kappa shape index (κ1) is 13.4. The second-order valence-electron chi connectivity index (χ2n) is 3.90. The summed E-state index contributed by atoms with van der Waals surface area (Å²) in [5.41, 5.74) is 0.207. The Morgan fingerprint density at radius 3 is 2.68 bits per heavy atom. The van der Waals surface area contributed by atoms with Gasteiger partial charge in [-0.15, -0.1) is 13.2 Å². The molecule has 0 aliphatic carbocycles. The summed E-state index contributed by atoms with van der Waals surface area (Å²) in [5, 5.41) is 6.61. The van der Waals surface area contributed by atoms with Gasteiger partial charge in [0.2, 0.25) is 0 Å². The fraction of sp³-hybridized carbons (Fsp3) is 0.333. The van der Waals surface area contributed by atoms with Gasteiger partial charge in [0.1, 0.15) is 11.6 Å². The van der Waals surface area contributed by atoms with Crippen molar-refractivity contribution in [1.29, 1.82) is 0 Å². The zero-order valence-electron chi connectivity index (χ0n) is 10.2. The number of para-hydroxylation sites is 1. The lowest BCUT2D eigenvalue weighted by Gasteiger charge is -2.11. The van der Waals surface area contributed by atoms with Crippen molar-refractivity contribution in [3.05, 3.63) is 30.1 Å². The summed E-state index contributed by atoms with van der Waals surface area (Å²) in [6, 6.07) is 5.79. The number of aromatic nitrogens is 3. The van der Waals surface area contributed by atoms with Crippen molar-refractivity contribution in [2.75, 3.05) is 0 Å². The highest BCUT2D eigenvalue weighted by atomic mass is 19.4. The third-order valence-electron chi connectivity index (χ3n) is 2.37. The van der Waals surface area contributed by atoms with Crippen LogP contribution in [0.5, 0.6) is 5.75 Å². The molecule has 2 aromatic rings. The van der Waals surface area contributed by atoms with E-state index < -0.39 is 6.36 Å². The maximum atomic E-state index is 12.3. The maximum absolute atomic E-state index is 12.3. The quantitative estimate of drug-likeness (QED) is 0.928. The Kier molecular flexibility index (Phi) is 3.73. The average Bonchev–Trinajstić information content (AvgIpc) is 2.76. The van der Waals surface area contributed by atoms with Crippen LogP contribution in [0, 0.1) is 0 Å². The Morgan fingerprint density at radius 1 is 1.26 bits per heavy atom. The number of aromatic amines is 1. The molecular formula is C12H12F3N3O. The van der Waals surface area contributed by atoms with Gasteiger partial charge in [0.15, 0.2) is 5.82 Å². The lowest BCUT2D eigenvalue weighted by atomic mass is 10.2. The minimum absolute atomic E-state index is 0.198. The van der Waals surface area contributed by atoms with E-state index >= 15 is 0 Å². The third kappa shape index (κ3) is 3.46. The number of aryl methyl sites for hydroxylation is 1. The van der Waals surface area contributed by atoms with Crippen molar-refractivity contribution in [2.24, 2.45) is 0 Å². The molecule has 1 heterocycles. The number of halogens is 3. The summed E-state index contributed by atoms with van der Waals surface area (Å²) in [6.07, 6.45) is -3.18. The van der Waals surface area contributed by atoms with Crippen LogP contribution in [-0.4, -0.2) is 21.5 Å². The Labute approximate surface area is 107 Å². The average molecular weight is 271 g/mol. The molecule has 0 atom stereocenters. The molecule has 4 nitrogen and oxygen atoms in total. The lowest BCUT2D eigenvalue weighted by molar-refractivity contribution is -0.274. The minimum atomic E-state index is -4.74. The predicted molar refractivity (Wildman–Crippen MR) is 62.5 cm³/mol. The lowest BCUT2D eigenvalue weighted by Crippen LogP contribution is -2.17. The number of alkyl halides is 3. The summed E-state index contributed by atoms with van der Waals surface area (Å²) in [4.78, 5) is 4.15. The highest BCUT2D eigenvalue weighted by Crippen LogP contribution is 2.31. The molecule has 0 unspecified atom stereocenters. The maximum Gasteiger partial charge on any atom is 0.573 e. The molecule has 19 heavy (non-hydrogen) atoms. The fourth-order valence-electron chi connectivity index (χ4n) is 1.63. The highest BCUT2D eigenvalue weighted by molar-refractivity contribution is 5.63. The fourth-order valence-corrected chi connectivity index (χ4v) is 1.63. The summed E-state index contributed by atoms with van der Waals surface area (Å²) in [6.45, 7) is 1.98. The number of H-pyrrole nitrogens is 1. The van der Waals surface area contributed by atoms with Crippen LogP contribution in [0.2, 0.25) is 0 Å². The summed E-state index contributed by atoms with van der Waals surface area (Å²) < 4.78 is 40.8. The molecule has 0 spiro atoms. The van der Waals surface area contributed by atoms with Crippen molar-refractivity contribution >= 4 is 0 Å². The van der Waals surface area contributed by atoms with Crippen LogP contribution in [0.25, 0.3) is 11.4 Å². The summed E-state index contributed by atoms with van der Waals surface area (Å²) >= 11 is 0. The summed E-state index contributed by atoms with van der Waals surface area (Å²) in [5.74, 6) is 0.527. The van der Waals surface area contributed by atoms with Crippen molar-refractivity contribution in [2.45, 2.75) is 26.1 Å². The second kappa shape index (κ2) is 5.29. The SMILES string of the molecule is CCCc1nc(-c2ccccc2OC(F)(F)F)n[nH]1. The first-order valence-electron chi connectivity index (χ1n) is 5.76. The van der Waals surface area contributed by atoms with Gasteiger partial charge in [0.25, 0.3) is 0 Å². The molecule has 0 fully saturated rings. The van der Waals surface area contributed by atoms with E-state index in [2.05, 4.69) is 19.9 Å². The van der Waals surface area contributed by atoms with Crippen LogP contribution in [0.1, 0.15) is 19.2 Å². The zero-order chi connectivity index (χ0) is 13.9. The standard InChI is InChI=1S/C12H12F3N3O/c1-2-5-10-16-11(18-17-10)8-6-3-4-7-9(8)19-12(13,14)15/h3-4,6-7H,2,5H2,1H3,(H,16,17,18). The molecule has 0 amide bonds. The second-order valence-corrected chi connectivity index (χ2v) is 3.90. The first-order valence-corrected chi connectivity index (χ1v) is 5.76. The van der Waals surface area contributed by atoms with Gasteiger partial charge >= 0.3 is 6.36 Å². The van der Waals surface area contributed by atoms with Crippen molar-refractivity contribution in [3.63, 3.8) is 0 Å². The molecule has 1 aromatic heterocycles. The van der Waals surface area contributed by atoms with E-state index in [1.54, 1.807) is 6.07 Å². The van der Waals surface area contributed by atoms with E-state index in [0.29, 0.717) is 12.2 Å². The topological polar surface area (TPSA) is 50.8 Å². The third-order valence-corrected chi connectivity index (χ3v) is 2.37. The molecule has 102 valence electrons. The molecule has 0 bridgehead atoms. The summed E-state index contributed by atoms with van der Waals surface area (Å²) in [7, 11) is 0. The molecule has 7 heteroatoms. The molecule has 0 saturated carbocycles. The van der Waals surface area contributed by atoms with Gasteiger partial charge in [-0.1, -0.05) is 19.1 Å². The number of nitrogens with one attached hydrogen (secondary N) is 1. The molecule has 2 rings (SSSR count). The molecule has 1 N–H and O–H groups in total. The van der Waals surface area contributed by atoms with Crippen LogP contribution in [0.4, 0.5) is 13.2 Å². The van der Waals surface area contributed by atoms with Gasteiger partial charge in [-0.2, -0.15) is 5.10 Å².